The number of hydrogen-bond donors (Lipinski definition) is 1. The molecule has 37 heavy (non-hydrogen) atoms. The zero-order valence-corrected chi connectivity index (χ0v) is 21.8. The largest absolute Gasteiger partial charge is 0.473 e. The maximum absolute atomic E-state index is 13.4. The van der Waals surface area contributed by atoms with E-state index in [2.05, 4.69) is 30.6 Å². The Balaban J connectivity index is 1.09. The first kappa shape index (κ1) is 23.5. The average Bonchev–Trinajstić information content (AvgIpc) is 3.56. The molecule has 3 atom stereocenters. The molecule has 1 amide bonds. The van der Waals surface area contributed by atoms with Gasteiger partial charge in [0.15, 0.2) is 5.13 Å². The molecule has 6 heterocycles. The molecule has 190 valence electrons. The van der Waals surface area contributed by atoms with E-state index in [1.165, 1.54) is 11.3 Å². The van der Waals surface area contributed by atoms with Crippen LogP contribution in [0.1, 0.15) is 47.4 Å². The molecule has 10 nitrogen and oxygen atoms in total. The molecular weight excluding hydrogens is 488 g/mol. The normalized spacial score (nSPS) is 20.7. The molecule has 2 aliphatic heterocycles. The van der Waals surface area contributed by atoms with Crippen molar-refractivity contribution < 1.29 is 9.53 Å². The molecule has 4 aromatic heterocycles. The van der Waals surface area contributed by atoms with Crippen LogP contribution >= 0.6 is 11.3 Å². The number of anilines is 2. The minimum absolute atomic E-state index is 0.0312. The van der Waals surface area contributed by atoms with Crippen LogP contribution < -0.4 is 10.1 Å². The van der Waals surface area contributed by atoms with Gasteiger partial charge >= 0.3 is 0 Å². The Morgan fingerprint density at radius 1 is 1.11 bits per heavy atom. The van der Waals surface area contributed by atoms with Crippen molar-refractivity contribution in [2.75, 3.05) is 5.32 Å². The van der Waals surface area contributed by atoms with Gasteiger partial charge < -0.3 is 15.0 Å². The number of fused-ring (bicyclic) bond motifs is 2. The lowest BCUT2D eigenvalue weighted by Gasteiger charge is -2.38. The number of amides is 1. The molecule has 2 aliphatic rings. The van der Waals surface area contributed by atoms with Crippen molar-refractivity contribution in [3.05, 3.63) is 59.0 Å². The van der Waals surface area contributed by atoms with Crippen LogP contribution in [0.5, 0.6) is 5.88 Å². The zero-order chi connectivity index (χ0) is 25.5. The number of carbonyl (C=O) groups excluding carboxylic acids is 1. The molecule has 2 bridgehead atoms. The SMILES string of the molecule is Cc1ccc(OC2C[C@H]3CC[C@@H](C2)N3C(=O)c2ccc(Nc3nc(-c4cn(C)nc4C)cs3)nc2)nn1. The Hall–Kier alpha value is -3.86. The molecule has 11 heteroatoms. The summed E-state index contributed by atoms with van der Waals surface area (Å²) in [6.45, 7) is 3.87. The van der Waals surface area contributed by atoms with E-state index in [0.29, 0.717) is 17.3 Å². The maximum atomic E-state index is 13.4. The second kappa shape index (κ2) is 9.55. The standard InChI is InChI=1S/C26H28N8O2S/c1-15-4-9-24(31-30-15)36-20-10-18-6-7-19(11-20)34(18)25(35)17-5-8-23(27-12-17)29-26-28-22(14-37-26)21-13-33(3)32-16(21)2/h4-5,8-9,12-14,18-20H,6-7,10-11H2,1-3H3,(H,27,28,29)/t18-,19+,20?. The van der Waals surface area contributed by atoms with Crippen LogP contribution in [0.25, 0.3) is 11.3 Å². The van der Waals surface area contributed by atoms with Crippen molar-refractivity contribution >= 4 is 28.2 Å². The fraction of sp³-hybridized carbons (Fsp3) is 0.385. The molecule has 1 unspecified atom stereocenters. The monoisotopic (exact) mass is 516 g/mol. The summed E-state index contributed by atoms with van der Waals surface area (Å²) in [5.41, 5.74) is 4.28. The van der Waals surface area contributed by atoms with Crippen molar-refractivity contribution in [1.82, 2.24) is 34.8 Å². The van der Waals surface area contributed by atoms with E-state index in [1.807, 2.05) is 61.6 Å². The molecule has 0 spiro atoms. The molecule has 0 aliphatic carbocycles. The summed E-state index contributed by atoms with van der Waals surface area (Å²) in [5.74, 6) is 1.23. The molecule has 1 N–H and O–H groups in total. The molecule has 6 rings (SSSR count). The lowest BCUT2D eigenvalue weighted by atomic mass is 9.98. The number of nitrogens with one attached hydrogen (secondary N) is 1. The van der Waals surface area contributed by atoms with E-state index in [0.717, 1.165) is 53.5 Å². The van der Waals surface area contributed by atoms with Crippen LogP contribution in [0.4, 0.5) is 10.9 Å². The van der Waals surface area contributed by atoms with E-state index >= 15 is 0 Å². The van der Waals surface area contributed by atoms with Gasteiger partial charge in [-0.15, -0.1) is 16.4 Å². The Morgan fingerprint density at radius 2 is 1.92 bits per heavy atom. The van der Waals surface area contributed by atoms with E-state index in [1.54, 1.807) is 10.9 Å². The number of carbonyl (C=O) groups is 1. The van der Waals surface area contributed by atoms with Gasteiger partial charge in [-0.25, -0.2) is 9.97 Å². The highest BCUT2D eigenvalue weighted by molar-refractivity contribution is 7.14. The number of thiazole rings is 1. The van der Waals surface area contributed by atoms with Crippen LogP contribution in [0.2, 0.25) is 0 Å². The van der Waals surface area contributed by atoms with Gasteiger partial charge in [-0.3, -0.25) is 9.48 Å². The lowest BCUT2D eigenvalue weighted by Crippen LogP contribution is -2.49. The zero-order valence-electron chi connectivity index (χ0n) is 21.0. The third-order valence-corrected chi connectivity index (χ3v) is 7.78. The van der Waals surface area contributed by atoms with Crippen molar-refractivity contribution in [2.45, 2.75) is 57.7 Å². The highest BCUT2D eigenvalue weighted by atomic mass is 32.1. The molecule has 2 fully saturated rings. The lowest BCUT2D eigenvalue weighted by molar-refractivity contribution is 0.0345. The predicted molar refractivity (Wildman–Crippen MR) is 140 cm³/mol. The van der Waals surface area contributed by atoms with E-state index in [4.69, 9.17) is 4.74 Å². The van der Waals surface area contributed by atoms with Gasteiger partial charge in [0.25, 0.3) is 5.91 Å². The van der Waals surface area contributed by atoms with Crippen LogP contribution in [0.15, 0.2) is 42.0 Å². The summed E-state index contributed by atoms with van der Waals surface area (Å²) in [6, 6.07) is 7.75. The number of piperidine rings is 1. The number of aromatic nitrogens is 6. The summed E-state index contributed by atoms with van der Waals surface area (Å²) in [7, 11) is 1.90. The quantitative estimate of drug-likeness (QED) is 0.404. The number of rotatable bonds is 6. The first-order valence-electron chi connectivity index (χ1n) is 12.4. The summed E-state index contributed by atoms with van der Waals surface area (Å²) < 4.78 is 7.88. The van der Waals surface area contributed by atoms with Gasteiger partial charge in [0, 0.05) is 61.4 Å². The number of ether oxygens (including phenoxy) is 1. The Kier molecular flexibility index (Phi) is 6.07. The highest BCUT2D eigenvalue weighted by Gasteiger charge is 2.44. The third kappa shape index (κ3) is 4.78. The average molecular weight is 517 g/mol. The van der Waals surface area contributed by atoms with Crippen LogP contribution in [-0.4, -0.2) is 58.9 Å². The van der Waals surface area contributed by atoms with E-state index in [-0.39, 0.29) is 24.1 Å². The van der Waals surface area contributed by atoms with Crippen molar-refractivity contribution in [2.24, 2.45) is 7.05 Å². The fourth-order valence-corrected chi connectivity index (χ4v) is 6.05. The van der Waals surface area contributed by atoms with Gasteiger partial charge in [-0.2, -0.15) is 10.2 Å². The summed E-state index contributed by atoms with van der Waals surface area (Å²) in [4.78, 5) is 24.6. The minimum Gasteiger partial charge on any atom is -0.473 e. The predicted octanol–water partition coefficient (Wildman–Crippen LogP) is 4.30. The molecular formula is C26H28N8O2S. The number of nitrogens with zero attached hydrogens (tertiary/aromatic N) is 7. The topological polar surface area (TPSA) is 111 Å². The Morgan fingerprint density at radius 3 is 2.57 bits per heavy atom. The smallest absolute Gasteiger partial charge is 0.255 e. The summed E-state index contributed by atoms with van der Waals surface area (Å²) >= 11 is 1.51. The second-order valence-corrected chi connectivity index (χ2v) is 10.6. The van der Waals surface area contributed by atoms with Gasteiger partial charge in [-0.05, 0) is 44.9 Å². The molecule has 4 aromatic rings. The molecule has 0 radical (unpaired) electrons. The Labute approximate surface area is 218 Å². The van der Waals surface area contributed by atoms with E-state index < -0.39 is 0 Å². The first-order valence-corrected chi connectivity index (χ1v) is 13.3. The highest BCUT2D eigenvalue weighted by Crippen LogP contribution is 2.38. The van der Waals surface area contributed by atoms with Crippen LogP contribution in [0.3, 0.4) is 0 Å². The number of hydrogen-bond acceptors (Lipinski definition) is 9. The van der Waals surface area contributed by atoms with Gasteiger partial charge in [0.1, 0.15) is 11.9 Å². The molecule has 0 aromatic carbocycles. The van der Waals surface area contributed by atoms with Crippen LogP contribution in [0, 0.1) is 13.8 Å². The fourth-order valence-electron chi connectivity index (χ4n) is 5.33. The van der Waals surface area contributed by atoms with Gasteiger partial charge in [-0.1, -0.05) is 0 Å². The van der Waals surface area contributed by atoms with Crippen LogP contribution in [-0.2, 0) is 7.05 Å². The first-order chi connectivity index (χ1) is 17.9. The summed E-state index contributed by atoms with van der Waals surface area (Å²) in [6.07, 6.45) is 7.24. The van der Waals surface area contributed by atoms with E-state index in [9.17, 15) is 4.79 Å². The van der Waals surface area contributed by atoms with Crippen molar-refractivity contribution in [1.29, 1.82) is 0 Å². The minimum atomic E-state index is 0.0312. The number of pyridine rings is 1. The maximum Gasteiger partial charge on any atom is 0.255 e. The summed E-state index contributed by atoms with van der Waals surface area (Å²) in [5, 5.41) is 18.6. The second-order valence-electron chi connectivity index (χ2n) is 9.72. The molecule has 0 saturated carbocycles. The third-order valence-electron chi connectivity index (χ3n) is 7.02. The Bertz CT molecular complexity index is 1400. The van der Waals surface area contributed by atoms with Gasteiger partial charge in [0.05, 0.1) is 22.6 Å². The van der Waals surface area contributed by atoms with Crippen molar-refractivity contribution in [3.8, 4) is 17.1 Å². The van der Waals surface area contributed by atoms with Gasteiger partial charge in [0.2, 0.25) is 5.88 Å². The van der Waals surface area contributed by atoms with Crippen molar-refractivity contribution in [3.63, 3.8) is 0 Å². The molecule has 2 saturated heterocycles. The number of aryl methyl sites for hydroxylation is 3.